The number of fused-ring (bicyclic) bond motifs is 2. The molecule has 0 amide bonds. The first-order chi connectivity index (χ1) is 17.2. The average Bonchev–Trinajstić information content (AvgIpc) is 3.53. The summed E-state index contributed by atoms with van der Waals surface area (Å²) < 4.78 is 7.21. The van der Waals surface area contributed by atoms with Gasteiger partial charge in [-0.3, -0.25) is 4.79 Å². The average molecular weight is 465 g/mol. The number of methoxy groups -OCH3 is 1. The van der Waals surface area contributed by atoms with Crippen LogP contribution in [-0.2, 0) is 13.0 Å². The van der Waals surface area contributed by atoms with Gasteiger partial charge in [-0.25, -0.2) is 4.68 Å². The zero-order valence-corrected chi connectivity index (χ0v) is 19.3. The Hall–Kier alpha value is -4.46. The first kappa shape index (κ1) is 21.1. The van der Waals surface area contributed by atoms with Crippen molar-refractivity contribution >= 4 is 16.6 Å². The standard InChI is InChI=1S/C27H24N6O2/c1-35-21-11-12-23-20(15-21)16-22(27(34)28-23)25(32-14-13-19-9-5-6-10-24(19)32)26-29-30-31-33(26)17-18-7-3-2-4-8-18/h2-12,15-16,25H,13-14,17H2,1H3,(H,28,34)/t25-/m1/s1. The maximum absolute atomic E-state index is 13.5. The zero-order valence-electron chi connectivity index (χ0n) is 19.3. The molecule has 35 heavy (non-hydrogen) atoms. The highest BCUT2D eigenvalue weighted by Crippen LogP contribution is 2.37. The molecule has 5 aromatic rings. The van der Waals surface area contributed by atoms with E-state index in [0.717, 1.165) is 40.9 Å². The van der Waals surface area contributed by atoms with E-state index in [9.17, 15) is 4.79 Å². The van der Waals surface area contributed by atoms with Gasteiger partial charge in [0.2, 0.25) is 0 Å². The number of nitrogens with zero attached hydrogens (tertiary/aromatic N) is 5. The molecule has 0 saturated carbocycles. The molecular weight excluding hydrogens is 440 g/mol. The maximum Gasteiger partial charge on any atom is 0.254 e. The Morgan fingerprint density at radius 1 is 1.03 bits per heavy atom. The van der Waals surface area contributed by atoms with Crippen molar-refractivity contribution < 1.29 is 4.74 Å². The number of rotatable bonds is 6. The van der Waals surface area contributed by atoms with Crippen molar-refractivity contribution in [1.29, 1.82) is 0 Å². The molecule has 8 nitrogen and oxygen atoms in total. The highest BCUT2D eigenvalue weighted by molar-refractivity contribution is 5.81. The molecule has 0 spiro atoms. The number of aromatic amines is 1. The van der Waals surface area contributed by atoms with E-state index >= 15 is 0 Å². The normalized spacial score (nSPS) is 13.7. The van der Waals surface area contributed by atoms with Gasteiger partial charge in [-0.1, -0.05) is 48.5 Å². The van der Waals surface area contributed by atoms with Gasteiger partial charge >= 0.3 is 0 Å². The minimum atomic E-state index is -0.461. The number of benzene rings is 3. The van der Waals surface area contributed by atoms with Crippen molar-refractivity contribution in [1.82, 2.24) is 25.2 Å². The third kappa shape index (κ3) is 3.82. The fourth-order valence-corrected chi connectivity index (χ4v) is 4.89. The Balaban J connectivity index is 1.53. The Labute approximate surface area is 201 Å². The van der Waals surface area contributed by atoms with Crippen molar-refractivity contribution in [3.8, 4) is 5.75 Å². The quantitative estimate of drug-likeness (QED) is 0.412. The van der Waals surface area contributed by atoms with E-state index in [-0.39, 0.29) is 5.56 Å². The molecule has 1 aliphatic rings. The molecule has 8 heteroatoms. The number of H-pyrrole nitrogens is 1. The summed E-state index contributed by atoms with van der Waals surface area (Å²) in [5.74, 6) is 1.35. The second-order valence-corrected chi connectivity index (χ2v) is 8.66. The fraction of sp³-hybridized carbons (Fsp3) is 0.185. The number of anilines is 1. The van der Waals surface area contributed by atoms with Crippen LogP contribution in [0.5, 0.6) is 5.75 Å². The summed E-state index contributed by atoms with van der Waals surface area (Å²) in [5.41, 5.74) is 4.61. The molecule has 1 atom stereocenters. The van der Waals surface area contributed by atoms with Crippen LogP contribution in [-0.4, -0.2) is 38.8 Å². The number of hydrogen-bond acceptors (Lipinski definition) is 6. The van der Waals surface area contributed by atoms with E-state index in [2.05, 4.69) is 37.5 Å². The lowest BCUT2D eigenvalue weighted by atomic mass is 10.0. The van der Waals surface area contributed by atoms with Gasteiger partial charge in [-0.15, -0.1) is 5.10 Å². The summed E-state index contributed by atoms with van der Waals surface area (Å²) in [7, 11) is 1.63. The molecule has 0 bridgehead atoms. The SMILES string of the molecule is COc1ccc2[nH]c(=O)c([C@H](c3nnnn3Cc3ccccc3)N3CCc4ccccc43)cc2c1. The van der Waals surface area contributed by atoms with Gasteiger partial charge in [0.05, 0.1) is 13.7 Å². The number of ether oxygens (including phenoxy) is 1. The van der Waals surface area contributed by atoms with Gasteiger partial charge in [0.25, 0.3) is 5.56 Å². The van der Waals surface area contributed by atoms with Crippen molar-refractivity contribution in [2.45, 2.75) is 19.0 Å². The minimum absolute atomic E-state index is 0.161. The van der Waals surface area contributed by atoms with Crippen molar-refractivity contribution in [3.63, 3.8) is 0 Å². The zero-order chi connectivity index (χ0) is 23.8. The van der Waals surface area contributed by atoms with E-state index < -0.39 is 6.04 Å². The van der Waals surface area contributed by atoms with Crippen molar-refractivity contribution in [2.24, 2.45) is 0 Å². The smallest absolute Gasteiger partial charge is 0.254 e. The van der Waals surface area contributed by atoms with Crippen molar-refractivity contribution in [3.05, 3.63) is 112 Å². The van der Waals surface area contributed by atoms with E-state index in [1.54, 1.807) is 11.8 Å². The predicted molar refractivity (Wildman–Crippen MR) is 134 cm³/mol. The molecule has 0 unspecified atom stereocenters. The molecule has 6 rings (SSSR count). The van der Waals surface area contributed by atoms with Gasteiger partial charge in [0, 0.05) is 28.7 Å². The van der Waals surface area contributed by atoms with Gasteiger partial charge in [-0.2, -0.15) is 0 Å². The Morgan fingerprint density at radius 3 is 2.71 bits per heavy atom. The molecule has 0 radical (unpaired) electrons. The van der Waals surface area contributed by atoms with E-state index in [1.165, 1.54) is 5.56 Å². The van der Waals surface area contributed by atoms with Crippen LogP contribution in [0.2, 0.25) is 0 Å². The summed E-state index contributed by atoms with van der Waals surface area (Å²) in [6, 6.07) is 25.5. The van der Waals surface area contributed by atoms with Crippen LogP contribution >= 0.6 is 0 Å². The van der Waals surface area contributed by atoms with Crippen LogP contribution < -0.4 is 15.2 Å². The lowest BCUT2D eigenvalue weighted by molar-refractivity contribution is 0.415. The molecule has 3 heterocycles. The van der Waals surface area contributed by atoms with E-state index in [4.69, 9.17) is 4.74 Å². The first-order valence-corrected chi connectivity index (χ1v) is 11.6. The van der Waals surface area contributed by atoms with Crippen LogP contribution in [0.25, 0.3) is 10.9 Å². The summed E-state index contributed by atoms with van der Waals surface area (Å²) in [6.45, 7) is 1.27. The molecule has 1 aliphatic heterocycles. The van der Waals surface area contributed by atoms with E-state index in [1.807, 2.05) is 66.7 Å². The van der Waals surface area contributed by atoms with Gasteiger partial charge in [0.15, 0.2) is 5.82 Å². The summed E-state index contributed by atoms with van der Waals surface area (Å²) in [5, 5.41) is 13.6. The van der Waals surface area contributed by atoms with Crippen LogP contribution in [0.4, 0.5) is 5.69 Å². The lowest BCUT2D eigenvalue weighted by Gasteiger charge is -2.29. The van der Waals surface area contributed by atoms with Gasteiger partial charge < -0.3 is 14.6 Å². The van der Waals surface area contributed by atoms with Crippen LogP contribution in [0.3, 0.4) is 0 Å². The predicted octanol–water partition coefficient (Wildman–Crippen LogP) is 3.72. The molecule has 2 aromatic heterocycles. The van der Waals surface area contributed by atoms with Crippen molar-refractivity contribution in [2.75, 3.05) is 18.6 Å². The lowest BCUT2D eigenvalue weighted by Crippen LogP contribution is -2.34. The Kier molecular flexibility index (Phi) is 5.25. The van der Waals surface area contributed by atoms with Crippen LogP contribution in [0.15, 0.2) is 83.7 Å². The molecule has 3 aromatic carbocycles. The van der Waals surface area contributed by atoms with Crippen LogP contribution in [0.1, 0.15) is 28.6 Å². The molecular formula is C27H24N6O2. The Bertz CT molecular complexity index is 1560. The first-order valence-electron chi connectivity index (χ1n) is 11.6. The second-order valence-electron chi connectivity index (χ2n) is 8.66. The summed E-state index contributed by atoms with van der Waals surface area (Å²) in [6.07, 6.45) is 0.895. The van der Waals surface area contributed by atoms with E-state index in [0.29, 0.717) is 17.9 Å². The fourth-order valence-electron chi connectivity index (χ4n) is 4.89. The third-order valence-electron chi connectivity index (χ3n) is 6.59. The molecule has 1 N–H and O–H groups in total. The highest BCUT2D eigenvalue weighted by atomic mass is 16.5. The third-order valence-corrected chi connectivity index (χ3v) is 6.59. The van der Waals surface area contributed by atoms with Crippen LogP contribution in [0, 0.1) is 0 Å². The number of tetrazole rings is 1. The number of aromatic nitrogens is 5. The monoisotopic (exact) mass is 464 g/mol. The molecule has 0 saturated heterocycles. The summed E-state index contributed by atoms with van der Waals surface area (Å²) >= 11 is 0. The van der Waals surface area contributed by atoms with Gasteiger partial charge in [0.1, 0.15) is 11.8 Å². The number of nitrogens with one attached hydrogen (secondary N) is 1. The molecule has 0 fully saturated rings. The maximum atomic E-state index is 13.5. The molecule has 174 valence electrons. The second kappa shape index (κ2) is 8.72. The van der Waals surface area contributed by atoms with Gasteiger partial charge in [-0.05, 0) is 58.3 Å². The topological polar surface area (TPSA) is 88.9 Å². The number of para-hydroxylation sites is 1. The molecule has 0 aliphatic carbocycles. The number of hydrogen-bond donors (Lipinski definition) is 1. The summed E-state index contributed by atoms with van der Waals surface area (Å²) in [4.78, 5) is 18.8. The minimum Gasteiger partial charge on any atom is -0.497 e. The number of pyridine rings is 1. The largest absolute Gasteiger partial charge is 0.497 e. The highest BCUT2D eigenvalue weighted by Gasteiger charge is 2.34. The Morgan fingerprint density at radius 2 is 1.86 bits per heavy atom.